The molecule has 9 nitrogen and oxygen atoms in total. The van der Waals surface area contributed by atoms with E-state index in [1.54, 1.807) is 32.0 Å². The summed E-state index contributed by atoms with van der Waals surface area (Å²) in [6.07, 6.45) is 8.66. The van der Waals surface area contributed by atoms with E-state index in [-0.39, 0.29) is 11.5 Å². The van der Waals surface area contributed by atoms with Crippen LogP contribution in [0.3, 0.4) is 0 Å². The van der Waals surface area contributed by atoms with Crippen molar-refractivity contribution in [1.82, 2.24) is 39.2 Å². The van der Waals surface area contributed by atoms with Crippen LogP contribution in [0.4, 0.5) is 0 Å². The third-order valence-electron chi connectivity index (χ3n) is 5.66. The Hall–Kier alpha value is -3.46. The van der Waals surface area contributed by atoms with E-state index in [1.807, 2.05) is 28.8 Å². The van der Waals surface area contributed by atoms with Crippen LogP contribution in [-0.4, -0.2) is 52.3 Å². The van der Waals surface area contributed by atoms with Gasteiger partial charge >= 0.3 is 0 Å². The van der Waals surface area contributed by atoms with Crippen molar-refractivity contribution in [3.8, 4) is 11.3 Å². The highest BCUT2D eigenvalue weighted by molar-refractivity contribution is 5.58. The molecule has 0 unspecified atom stereocenters. The van der Waals surface area contributed by atoms with Crippen LogP contribution in [0.5, 0.6) is 0 Å². The number of hydrogen-bond acceptors (Lipinski definition) is 7. The smallest absolute Gasteiger partial charge is 0.257 e. The maximum absolute atomic E-state index is 12.3. The molecule has 0 amide bonds. The van der Waals surface area contributed by atoms with Crippen molar-refractivity contribution in [1.29, 1.82) is 0 Å². The van der Waals surface area contributed by atoms with Crippen molar-refractivity contribution in [2.45, 2.75) is 25.3 Å². The number of rotatable bonds is 4. The second kappa shape index (κ2) is 7.75. The van der Waals surface area contributed by atoms with E-state index in [1.165, 1.54) is 4.57 Å². The van der Waals surface area contributed by atoms with Gasteiger partial charge in [-0.3, -0.25) is 14.7 Å². The molecule has 1 saturated heterocycles. The van der Waals surface area contributed by atoms with E-state index in [9.17, 15) is 4.79 Å². The Bertz CT molecular complexity index is 1220. The van der Waals surface area contributed by atoms with Crippen LogP contribution in [0.25, 0.3) is 16.9 Å². The zero-order valence-electron chi connectivity index (χ0n) is 16.7. The first-order valence-electron chi connectivity index (χ1n) is 10.0. The minimum Gasteiger partial charge on any atom is -0.302 e. The fourth-order valence-corrected chi connectivity index (χ4v) is 3.98. The Balaban J connectivity index is 1.33. The SMILES string of the molecule is Cn1cncc(CN2CCC(c3nnc4ccc(-c5cccnc5)nn34)CC2)c1=O. The van der Waals surface area contributed by atoms with Gasteiger partial charge in [-0.2, -0.15) is 9.61 Å². The molecule has 4 aromatic heterocycles. The molecular weight excluding hydrogens is 380 g/mol. The first-order chi connectivity index (χ1) is 14.7. The average Bonchev–Trinajstić information content (AvgIpc) is 3.21. The number of aryl methyl sites for hydroxylation is 1. The highest BCUT2D eigenvalue weighted by Crippen LogP contribution is 2.28. The summed E-state index contributed by atoms with van der Waals surface area (Å²) in [6, 6.07) is 7.78. The van der Waals surface area contributed by atoms with Crippen molar-refractivity contribution in [2.75, 3.05) is 13.1 Å². The van der Waals surface area contributed by atoms with Gasteiger partial charge in [0.25, 0.3) is 5.56 Å². The predicted molar refractivity (Wildman–Crippen MR) is 111 cm³/mol. The fraction of sp³-hybridized carbons (Fsp3) is 0.333. The molecule has 1 aliphatic heterocycles. The number of hydrogen-bond donors (Lipinski definition) is 0. The van der Waals surface area contributed by atoms with Crippen LogP contribution >= 0.6 is 0 Å². The molecule has 1 aliphatic rings. The summed E-state index contributed by atoms with van der Waals surface area (Å²) in [5.41, 5.74) is 3.31. The van der Waals surface area contributed by atoms with Gasteiger partial charge in [0.05, 0.1) is 12.0 Å². The highest BCUT2D eigenvalue weighted by atomic mass is 16.1. The largest absolute Gasteiger partial charge is 0.302 e. The van der Waals surface area contributed by atoms with Crippen LogP contribution in [0.15, 0.2) is 54.0 Å². The number of pyridine rings is 1. The third-order valence-corrected chi connectivity index (χ3v) is 5.66. The predicted octanol–water partition coefficient (Wildman–Crippen LogP) is 1.66. The standard InChI is InChI=1S/C21H22N8O/c1-27-14-23-12-17(21(27)30)13-28-9-6-15(7-10-28)20-25-24-19-5-4-18(26-29(19)20)16-3-2-8-22-11-16/h2-5,8,11-12,14-15H,6-7,9-10,13H2,1H3. The van der Waals surface area contributed by atoms with Crippen LogP contribution in [0.1, 0.15) is 30.1 Å². The van der Waals surface area contributed by atoms with E-state index in [0.29, 0.717) is 6.54 Å². The first kappa shape index (κ1) is 18.6. The van der Waals surface area contributed by atoms with Gasteiger partial charge in [0.1, 0.15) is 0 Å². The lowest BCUT2D eigenvalue weighted by Gasteiger charge is -2.30. The Labute approximate surface area is 173 Å². The molecule has 5 heterocycles. The molecule has 30 heavy (non-hydrogen) atoms. The Morgan fingerprint density at radius 2 is 1.93 bits per heavy atom. The second-order valence-corrected chi connectivity index (χ2v) is 7.67. The average molecular weight is 402 g/mol. The van der Waals surface area contributed by atoms with Crippen LogP contribution < -0.4 is 5.56 Å². The number of aromatic nitrogens is 7. The van der Waals surface area contributed by atoms with E-state index < -0.39 is 0 Å². The molecule has 0 N–H and O–H groups in total. The van der Waals surface area contributed by atoms with Gasteiger partial charge in [-0.05, 0) is 50.2 Å². The summed E-state index contributed by atoms with van der Waals surface area (Å²) in [5, 5.41) is 13.5. The van der Waals surface area contributed by atoms with Gasteiger partial charge in [-0.1, -0.05) is 0 Å². The summed E-state index contributed by atoms with van der Waals surface area (Å²) in [4.78, 5) is 22.9. The number of fused-ring (bicyclic) bond motifs is 1. The molecule has 0 radical (unpaired) electrons. The Morgan fingerprint density at radius 1 is 1.07 bits per heavy atom. The molecule has 0 spiro atoms. The third kappa shape index (κ3) is 3.48. The number of piperidine rings is 1. The number of likely N-dealkylation sites (tertiary alicyclic amines) is 1. The molecule has 4 aromatic rings. The van der Waals surface area contributed by atoms with E-state index in [0.717, 1.165) is 54.2 Å². The minimum absolute atomic E-state index is 0.0164. The van der Waals surface area contributed by atoms with Crippen LogP contribution in [0, 0.1) is 0 Å². The summed E-state index contributed by atoms with van der Waals surface area (Å²) in [6.45, 7) is 2.40. The zero-order valence-corrected chi connectivity index (χ0v) is 16.7. The van der Waals surface area contributed by atoms with Gasteiger partial charge in [0, 0.05) is 49.2 Å². The molecule has 5 rings (SSSR count). The molecular formula is C21H22N8O. The molecule has 0 saturated carbocycles. The maximum Gasteiger partial charge on any atom is 0.257 e. The summed E-state index contributed by atoms with van der Waals surface area (Å²) < 4.78 is 3.38. The maximum atomic E-state index is 12.3. The van der Waals surface area contributed by atoms with Gasteiger partial charge < -0.3 is 4.57 Å². The normalized spacial score (nSPS) is 15.6. The van der Waals surface area contributed by atoms with Crippen molar-refractivity contribution in [3.63, 3.8) is 0 Å². The van der Waals surface area contributed by atoms with Crippen molar-refractivity contribution >= 4 is 5.65 Å². The van der Waals surface area contributed by atoms with Gasteiger partial charge in [0.15, 0.2) is 11.5 Å². The molecule has 0 aromatic carbocycles. The van der Waals surface area contributed by atoms with E-state index in [2.05, 4.69) is 25.1 Å². The Kier molecular flexibility index (Phi) is 4.80. The Morgan fingerprint density at radius 3 is 2.73 bits per heavy atom. The van der Waals surface area contributed by atoms with E-state index >= 15 is 0 Å². The van der Waals surface area contributed by atoms with Gasteiger partial charge in [-0.15, -0.1) is 10.2 Å². The second-order valence-electron chi connectivity index (χ2n) is 7.67. The molecule has 152 valence electrons. The summed E-state index contributed by atoms with van der Waals surface area (Å²) >= 11 is 0. The fourth-order valence-electron chi connectivity index (χ4n) is 3.98. The van der Waals surface area contributed by atoms with Crippen molar-refractivity contribution < 1.29 is 0 Å². The lowest BCUT2D eigenvalue weighted by atomic mass is 9.96. The van der Waals surface area contributed by atoms with Crippen molar-refractivity contribution in [3.05, 3.63) is 70.9 Å². The van der Waals surface area contributed by atoms with E-state index in [4.69, 9.17) is 5.10 Å². The monoisotopic (exact) mass is 402 g/mol. The minimum atomic E-state index is 0.0164. The first-order valence-corrected chi connectivity index (χ1v) is 10.0. The quantitative estimate of drug-likeness (QED) is 0.512. The van der Waals surface area contributed by atoms with Gasteiger partial charge in [-0.25, -0.2) is 4.98 Å². The van der Waals surface area contributed by atoms with Crippen LogP contribution in [-0.2, 0) is 13.6 Å². The van der Waals surface area contributed by atoms with Gasteiger partial charge in [0.2, 0.25) is 0 Å². The summed E-state index contributed by atoms with van der Waals surface area (Å²) in [7, 11) is 1.73. The summed E-state index contributed by atoms with van der Waals surface area (Å²) in [5.74, 6) is 1.18. The molecule has 0 aliphatic carbocycles. The van der Waals surface area contributed by atoms with Crippen LogP contribution in [0.2, 0.25) is 0 Å². The highest BCUT2D eigenvalue weighted by Gasteiger charge is 2.25. The topological polar surface area (TPSA) is 94.1 Å². The molecule has 0 atom stereocenters. The number of nitrogens with zero attached hydrogens (tertiary/aromatic N) is 8. The molecule has 1 fully saturated rings. The zero-order chi connectivity index (χ0) is 20.5. The van der Waals surface area contributed by atoms with Crippen molar-refractivity contribution in [2.24, 2.45) is 7.05 Å². The molecule has 0 bridgehead atoms. The molecule has 9 heteroatoms. The lowest BCUT2D eigenvalue weighted by molar-refractivity contribution is 0.199. The lowest BCUT2D eigenvalue weighted by Crippen LogP contribution is -2.35.